The van der Waals surface area contributed by atoms with Crippen LogP contribution in [0.15, 0.2) is 54.6 Å². The van der Waals surface area contributed by atoms with Gasteiger partial charge in [0.15, 0.2) is 0 Å². The molecule has 1 aromatic heterocycles. The van der Waals surface area contributed by atoms with Gasteiger partial charge in [0.05, 0.1) is 17.5 Å². The Morgan fingerprint density at radius 2 is 1.79 bits per heavy atom. The molecule has 1 aliphatic rings. The standard InChI is InChI=1S/C25H29N5O3/c1-17(2)30-21-11-7-6-10-19(21)27-22(30)12-14-26-23(31)16-20-24(32)29(25(33)28-20)15-13-18-8-4-3-5-9-18/h3-11,17,20H,12-16H2,1-2H3,(H,26,31)(H,28,33). The van der Waals surface area contributed by atoms with E-state index in [4.69, 9.17) is 4.98 Å². The number of amides is 4. The molecule has 4 amide bonds. The number of para-hydroxylation sites is 2. The van der Waals surface area contributed by atoms with E-state index in [9.17, 15) is 14.4 Å². The molecule has 0 saturated carbocycles. The maximum atomic E-state index is 12.6. The molecule has 2 heterocycles. The van der Waals surface area contributed by atoms with Crippen molar-refractivity contribution in [2.75, 3.05) is 13.1 Å². The number of hydrogen-bond acceptors (Lipinski definition) is 4. The van der Waals surface area contributed by atoms with Crippen molar-refractivity contribution in [1.82, 2.24) is 25.1 Å². The Kier molecular flexibility index (Phi) is 6.72. The molecule has 8 nitrogen and oxygen atoms in total. The second kappa shape index (κ2) is 9.85. The van der Waals surface area contributed by atoms with Crippen molar-refractivity contribution in [3.63, 3.8) is 0 Å². The van der Waals surface area contributed by atoms with Crippen LogP contribution < -0.4 is 10.6 Å². The number of imide groups is 1. The van der Waals surface area contributed by atoms with Crippen LogP contribution in [0.1, 0.15) is 37.7 Å². The van der Waals surface area contributed by atoms with Gasteiger partial charge in [-0.05, 0) is 38.0 Å². The number of nitrogens with zero attached hydrogens (tertiary/aromatic N) is 3. The van der Waals surface area contributed by atoms with Crippen LogP contribution in [0.4, 0.5) is 4.79 Å². The van der Waals surface area contributed by atoms with Crippen molar-refractivity contribution in [2.24, 2.45) is 0 Å². The molecule has 1 unspecified atom stereocenters. The summed E-state index contributed by atoms with van der Waals surface area (Å²) in [6.45, 7) is 4.90. The highest BCUT2D eigenvalue weighted by molar-refractivity contribution is 6.05. The van der Waals surface area contributed by atoms with Crippen LogP contribution in [0.2, 0.25) is 0 Å². The molecule has 4 rings (SSSR count). The van der Waals surface area contributed by atoms with E-state index in [2.05, 4.69) is 29.0 Å². The number of aromatic nitrogens is 2. The fraction of sp³-hybridized carbons (Fsp3) is 0.360. The predicted octanol–water partition coefficient (Wildman–Crippen LogP) is 2.83. The quantitative estimate of drug-likeness (QED) is 0.493. The van der Waals surface area contributed by atoms with E-state index in [-0.39, 0.29) is 30.8 Å². The Morgan fingerprint density at radius 1 is 1.06 bits per heavy atom. The maximum Gasteiger partial charge on any atom is 0.324 e. The van der Waals surface area contributed by atoms with Gasteiger partial charge in [-0.3, -0.25) is 14.5 Å². The average Bonchev–Trinajstić information content (AvgIpc) is 3.29. The number of carbonyl (C=O) groups is 3. The minimum absolute atomic E-state index is 0.0764. The van der Waals surface area contributed by atoms with Crippen LogP contribution in [0.25, 0.3) is 11.0 Å². The number of carbonyl (C=O) groups excluding carboxylic acids is 3. The van der Waals surface area contributed by atoms with Crippen LogP contribution >= 0.6 is 0 Å². The van der Waals surface area contributed by atoms with Gasteiger partial charge >= 0.3 is 6.03 Å². The molecule has 0 aliphatic carbocycles. The highest BCUT2D eigenvalue weighted by Gasteiger charge is 2.38. The minimum Gasteiger partial charge on any atom is -0.356 e. The van der Waals surface area contributed by atoms with Gasteiger partial charge in [-0.25, -0.2) is 9.78 Å². The van der Waals surface area contributed by atoms with E-state index in [1.54, 1.807) is 0 Å². The van der Waals surface area contributed by atoms with Crippen LogP contribution in [0.5, 0.6) is 0 Å². The lowest BCUT2D eigenvalue weighted by molar-refractivity contribution is -0.130. The summed E-state index contributed by atoms with van der Waals surface area (Å²) in [5, 5.41) is 5.49. The summed E-state index contributed by atoms with van der Waals surface area (Å²) in [4.78, 5) is 43.2. The lowest BCUT2D eigenvalue weighted by Crippen LogP contribution is -2.37. The molecular weight excluding hydrogens is 418 g/mol. The predicted molar refractivity (Wildman–Crippen MR) is 126 cm³/mol. The van der Waals surface area contributed by atoms with Gasteiger partial charge < -0.3 is 15.2 Å². The first-order valence-electron chi connectivity index (χ1n) is 11.3. The molecule has 2 aromatic carbocycles. The first kappa shape index (κ1) is 22.5. The molecule has 3 aromatic rings. The van der Waals surface area contributed by atoms with Crippen molar-refractivity contribution in [1.29, 1.82) is 0 Å². The fourth-order valence-electron chi connectivity index (χ4n) is 4.23. The van der Waals surface area contributed by atoms with Gasteiger partial charge in [0, 0.05) is 25.6 Å². The average molecular weight is 448 g/mol. The largest absolute Gasteiger partial charge is 0.356 e. The van der Waals surface area contributed by atoms with Crippen molar-refractivity contribution in [3.8, 4) is 0 Å². The lowest BCUT2D eigenvalue weighted by Gasteiger charge is -2.14. The van der Waals surface area contributed by atoms with Gasteiger partial charge in [0.1, 0.15) is 11.9 Å². The van der Waals surface area contributed by atoms with Gasteiger partial charge in [0.25, 0.3) is 5.91 Å². The zero-order chi connectivity index (χ0) is 23.4. The third-order valence-electron chi connectivity index (χ3n) is 5.82. The van der Waals surface area contributed by atoms with Crippen molar-refractivity contribution < 1.29 is 14.4 Å². The summed E-state index contributed by atoms with van der Waals surface area (Å²) in [7, 11) is 0. The number of nitrogens with one attached hydrogen (secondary N) is 2. The van der Waals surface area contributed by atoms with Gasteiger partial charge in [-0.15, -0.1) is 0 Å². The summed E-state index contributed by atoms with van der Waals surface area (Å²) in [5.74, 6) is 0.280. The van der Waals surface area contributed by atoms with Crippen molar-refractivity contribution in [3.05, 3.63) is 66.0 Å². The van der Waals surface area contributed by atoms with Gasteiger partial charge in [-0.2, -0.15) is 0 Å². The number of hydrogen-bond donors (Lipinski definition) is 2. The zero-order valence-electron chi connectivity index (χ0n) is 19.0. The van der Waals surface area contributed by atoms with E-state index in [0.29, 0.717) is 19.4 Å². The van der Waals surface area contributed by atoms with Crippen LogP contribution in [-0.4, -0.2) is 51.4 Å². The van der Waals surface area contributed by atoms with Crippen molar-refractivity contribution >= 4 is 28.9 Å². The van der Waals surface area contributed by atoms with Crippen LogP contribution in [0.3, 0.4) is 0 Å². The molecule has 8 heteroatoms. The zero-order valence-corrected chi connectivity index (χ0v) is 19.0. The number of fused-ring (bicyclic) bond motifs is 1. The van der Waals surface area contributed by atoms with E-state index < -0.39 is 12.1 Å². The SMILES string of the molecule is CC(C)n1c(CCNC(=O)CC2NC(=O)N(CCc3ccccc3)C2=O)nc2ccccc21. The molecule has 1 aliphatic heterocycles. The summed E-state index contributed by atoms with van der Waals surface area (Å²) in [5.41, 5.74) is 3.05. The molecule has 1 fully saturated rings. The number of imidazole rings is 1. The van der Waals surface area contributed by atoms with Gasteiger partial charge in [0.2, 0.25) is 5.91 Å². The fourth-order valence-corrected chi connectivity index (χ4v) is 4.23. The Balaban J connectivity index is 1.29. The minimum atomic E-state index is -0.825. The molecular formula is C25H29N5O3. The smallest absolute Gasteiger partial charge is 0.324 e. The summed E-state index contributed by atoms with van der Waals surface area (Å²) in [6, 6.07) is 16.6. The molecule has 2 N–H and O–H groups in total. The molecule has 1 saturated heterocycles. The first-order chi connectivity index (χ1) is 15.9. The molecule has 0 spiro atoms. The number of benzene rings is 2. The number of urea groups is 1. The highest BCUT2D eigenvalue weighted by atomic mass is 16.2. The Hall–Kier alpha value is -3.68. The lowest BCUT2D eigenvalue weighted by atomic mass is 10.1. The topological polar surface area (TPSA) is 96.3 Å². The maximum absolute atomic E-state index is 12.6. The Labute approximate surface area is 193 Å². The molecule has 172 valence electrons. The summed E-state index contributed by atoms with van der Waals surface area (Å²) in [6.07, 6.45) is 1.08. The first-order valence-corrected chi connectivity index (χ1v) is 11.3. The molecule has 0 bridgehead atoms. The Bertz CT molecular complexity index is 1160. The van der Waals surface area contributed by atoms with Crippen molar-refractivity contribution in [2.45, 2.75) is 45.2 Å². The summed E-state index contributed by atoms with van der Waals surface area (Å²) < 4.78 is 2.17. The number of rotatable bonds is 9. The summed E-state index contributed by atoms with van der Waals surface area (Å²) >= 11 is 0. The normalized spacial score (nSPS) is 16.0. The third-order valence-corrected chi connectivity index (χ3v) is 5.82. The third kappa shape index (κ3) is 5.05. The molecule has 0 radical (unpaired) electrons. The van der Waals surface area contributed by atoms with E-state index in [0.717, 1.165) is 22.4 Å². The molecule has 33 heavy (non-hydrogen) atoms. The molecule has 1 atom stereocenters. The Morgan fingerprint density at radius 3 is 2.55 bits per heavy atom. The second-order valence-corrected chi connectivity index (χ2v) is 8.51. The highest BCUT2D eigenvalue weighted by Crippen LogP contribution is 2.21. The second-order valence-electron chi connectivity index (χ2n) is 8.51. The van der Waals surface area contributed by atoms with E-state index in [1.807, 2.05) is 54.6 Å². The van der Waals surface area contributed by atoms with Crippen LogP contribution in [-0.2, 0) is 22.4 Å². The van der Waals surface area contributed by atoms with Gasteiger partial charge in [-0.1, -0.05) is 42.5 Å². The van der Waals surface area contributed by atoms with Crippen LogP contribution in [0, 0.1) is 0 Å². The van der Waals surface area contributed by atoms with E-state index >= 15 is 0 Å². The van der Waals surface area contributed by atoms with E-state index in [1.165, 1.54) is 4.90 Å². The monoisotopic (exact) mass is 447 g/mol.